The summed E-state index contributed by atoms with van der Waals surface area (Å²) in [5.41, 5.74) is 2.29. The highest BCUT2D eigenvalue weighted by Gasteiger charge is 2.47. The number of carbonyl (C=O) groups is 1. The highest BCUT2D eigenvalue weighted by Crippen LogP contribution is 2.43. The van der Waals surface area contributed by atoms with E-state index in [0.717, 1.165) is 29.5 Å². The van der Waals surface area contributed by atoms with Crippen LogP contribution in [0.3, 0.4) is 0 Å². The number of Topliss-reactive ketones (excluding diaryl/α,β-unsaturated/α-hetero) is 1. The van der Waals surface area contributed by atoms with Gasteiger partial charge in [0, 0.05) is 18.1 Å². The largest absolute Gasteiger partial charge is 0.493 e. The number of rotatable bonds is 8. The van der Waals surface area contributed by atoms with Crippen molar-refractivity contribution in [2.45, 2.75) is 59.2 Å². The van der Waals surface area contributed by atoms with Crippen molar-refractivity contribution in [2.24, 2.45) is 11.3 Å². The average molecular weight is 527 g/mol. The number of carbonyl (C=O) groups excluding carboxylic acids is 1. The predicted octanol–water partition coefficient (Wildman–Crippen LogP) is 6.97. The lowest BCUT2D eigenvalue weighted by molar-refractivity contribution is 0.0157. The van der Waals surface area contributed by atoms with Gasteiger partial charge in [-0.2, -0.15) is 0 Å². The second-order valence-electron chi connectivity index (χ2n) is 11.8. The molecule has 0 saturated carbocycles. The smallest absolute Gasteiger partial charge is 0.205 e. The molecule has 204 valence electrons. The molecule has 1 atom stereocenters. The van der Waals surface area contributed by atoms with E-state index in [1.54, 1.807) is 12.1 Å². The Hall–Kier alpha value is -3.57. The van der Waals surface area contributed by atoms with Crippen molar-refractivity contribution in [1.82, 2.24) is 0 Å². The Morgan fingerprint density at radius 2 is 1.85 bits per heavy atom. The van der Waals surface area contributed by atoms with E-state index in [1.165, 1.54) is 0 Å². The van der Waals surface area contributed by atoms with E-state index in [1.807, 2.05) is 54.6 Å². The minimum absolute atomic E-state index is 0.0512. The lowest BCUT2D eigenvalue weighted by Crippen LogP contribution is -2.49. The molecule has 0 bridgehead atoms. The van der Waals surface area contributed by atoms with E-state index in [0.29, 0.717) is 47.5 Å². The molecule has 1 unspecified atom stereocenters. The summed E-state index contributed by atoms with van der Waals surface area (Å²) in [6, 6.07) is 13.7. The van der Waals surface area contributed by atoms with E-state index in [-0.39, 0.29) is 24.2 Å². The van der Waals surface area contributed by atoms with Crippen LogP contribution in [0.25, 0.3) is 6.08 Å². The molecule has 0 amide bonds. The Kier molecular flexibility index (Phi) is 7.55. The summed E-state index contributed by atoms with van der Waals surface area (Å²) in [4.78, 5) is 13.9. The van der Waals surface area contributed by atoms with Gasteiger partial charge in [0.25, 0.3) is 0 Å². The van der Waals surface area contributed by atoms with Crippen molar-refractivity contribution in [1.29, 1.82) is 0 Å². The number of aliphatic hydroxyl groups is 1. The zero-order chi connectivity index (χ0) is 27.6. The molecule has 0 radical (unpaired) electrons. The van der Waals surface area contributed by atoms with Crippen LogP contribution in [0.1, 0.15) is 67.6 Å². The molecule has 0 fully saturated rings. The molecule has 0 saturated heterocycles. The van der Waals surface area contributed by atoms with Crippen molar-refractivity contribution in [2.75, 3.05) is 13.2 Å². The zero-order valence-corrected chi connectivity index (χ0v) is 23.3. The van der Waals surface area contributed by atoms with Gasteiger partial charge in [0.1, 0.15) is 30.5 Å². The van der Waals surface area contributed by atoms with Gasteiger partial charge in [0.05, 0.1) is 12.2 Å². The Labute approximate surface area is 231 Å². The number of benzene rings is 2. The highest BCUT2D eigenvalue weighted by atomic mass is 16.5. The molecule has 0 spiro atoms. The quantitative estimate of drug-likeness (QED) is 0.403. The summed E-state index contributed by atoms with van der Waals surface area (Å²) in [5, 5.41) is 11.8. The number of ether oxygens (including phenoxy) is 3. The zero-order valence-electron chi connectivity index (χ0n) is 23.3. The summed E-state index contributed by atoms with van der Waals surface area (Å²) >= 11 is 0. The van der Waals surface area contributed by atoms with Crippen molar-refractivity contribution in [3.8, 4) is 5.75 Å². The SMILES string of the molecule is CC(C)CCOC1=CC=C(C2(O)COc3c(ccc4c3C=CC(C)(C)C4)C2=O)CC(OCc2ccccc2)=C1. The van der Waals surface area contributed by atoms with Crippen LogP contribution in [-0.2, 0) is 22.5 Å². The predicted molar refractivity (Wildman–Crippen MR) is 153 cm³/mol. The second kappa shape index (κ2) is 10.9. The van der Waals surface area contributed by atoms with E-state index >= 15 is 0 Å². The molecule has 1 N–H and O–H groups in total. The third-order valence-corrected chi connectivity index (χ3v) is 7.56. The van der Waals surface area contributed by atoms with Gasteiger partial charge in [-0.15, -0.1) is 0 Å². The van der Waals surface area contributed by atoms with Crippen LogP contribution < -0.4 is 4.74 Å². The third kappa shape index (κ3) is 5.89. The van der Waals surface area contributed by atoms with Crippen LogP contribution in [0.2, 0.25) is 0 Å². The van der Waals surface area contributed by atoms with Crippen molar-refractivity contribution in [3.05, 3.63) is 106 Å². The van der Waals surface area contributed by atoms with Gasteiger partial charge in [0.2, 0.25) is 5.78 Å². The first-order chi connectivity index (χ1) is 18.6. The molecule has 5 heteroatoms. The monoisotopic (exact) mass is 526 g/mol. The Morgan fingerprint density at radius 1 is 1.05 bits per heavy atom. The molecule has 2 aromatic rings. The van der Waals surface area contributed by atoms with Crippen LogP contribution >= 0.6 is 0 Å². The van der Waals surface area contributed by atoms with Crippen LogP contribution in [0.15, 0.2) is 83.9 Å². The first-order valence-corrected chi connectivity index (χ1v) is 13.8. The van der Waals surface area contributed by atoms with Crippen molar-refractivity contribution in [3.63, 3.8) is 0 Å². The molecule has 5 rings (SSSR count). The topological polar surface area (TPSA) is 65.0 Å². The van der Waals surface area contributed by atoms with E-state index in [4.69, 9.17) is 14.2 Å². The minimum atomic E-state index is -1.81. The standard InChI is InChI=1S/C34H38O5/c1-23(2)15-17-37-27-12-11-26(18-28(19-27)38-21-24-8-6-5-7-9-24)34(36)22-39-31-29-14-16-33(3,4)20-25(29)10-13-30(31)32(34)35/h5-14,16,19,23,36H,15,17-18,20-22H2,1-4H3. The summed E-state index contributed by atoms with van der Waals surface area (Å²) < 4.78 is 18.4. The molecule has 0 aromatic heterocycles. The molecule has 1 heterocycles. The second-order valence-corrected chi connectivity index (χ2v) is 11.8. The fraction of sp³-hybridized carbons (Fsp3) is 0.382. The van der Waals surface area contributed by atoms with E-state index in [2.05, 4.69) is 33.8 Å². The first-order valence-electron chi connectivity index (χ1n) is 13.8. The number of ketones is 1. The summed E-state index contributed by atoms with van der Waals surface area (Å²) in [6.45, 7) is 9.49. The lowest BCUT2D eigenvalue weighted by atomic mass is 9.76. The summed E-state index contributed by atoms with van der Waals surface area (Å²) in [6.07, 6.45) is 11.7. The molecule has 2 aromatic carbocycles. The van der Waals surface area contributed by atoms with E-state index < -0.39 is 5.60 Å². The van der Waals surface area contributed by atoms with Gasteiger partial charge in [-0.25, -0.2) is 0 Å². The van der Waals surface area contributed by atoms with Crippen LogP contribution in [0.4, 0.5) is 0 Å². The molecule has 5 nitrogen and oxygen atoms in total. The maximum Gasteiger partial charge on any atom is 0.205 e. The fourth-order valence-corrected chi connectivity index (χ4v) is 5.19. The van der Waals surface area contributed by atoms with Crippen LogP contribution in [-0.4, -0.2) is 29.7 Å². The molecule has 2 aliphatic carbocycles. The van der Waals surface area contributed by atoms with Gasteiger partial charge in [0.15, 0.2) is 5.60 Å². The fourth-order valence-electron chi connectivity index (χ4n) is 5.19. The summed E-state index contributed by atoms with van der Waals surface area (Å²) in [5.74, 6) is 2.00. The molecule has 1 aliphatic heterocycles. The molecular weight excluding hydrogens is 488 g/mol. The third-order valence-electron chi connectivity index (χ3n) is 7.56. The number of hydrogen-bond donors (Lipinski definition) is 1. The minimum Gasteiger partial charge on any atom is -0.493 e. The van der Waals surface area contributed by atoms with E-state index in [9.17, 15) is 9.90 Å². The molecule has 3 aliphatic rings. The average Bonchev–Trinajstić information content (AvgIpc) is 3.12. The normalized spacial score (nSPS) is 21.6. The maximum atomic E-state index is 13.9. The van der Waals surface area contributed by atoms with Gasteiger partial charge >= 0.3 is 0 Å². The number of hydrogen-bond acceptors (Lipinski definition) is 5. The number of allylic oxidation sites excluding steroid dienone is 5. The van der Waals surface area contributed by atoms with Crippen LogP contribution in [0.5, 0.6) is 5.75 Å². The lowest BCUT2D eigenvalue weighted by Gasteiger charge is -2.36. The van der Waals surface area contributed by atoms with Gasteiger partial charge in [-0.3, -0.25) is 4.79 Å². The van der Waals surface area contributed by atoms with Crippen molar-refractivity contribution < 1.29 is 24.1 Å². The first kappa shape index (κ1) is 27.0. The maximum absolute atomic E-state index is 13.9. The molecule has 39 heavy (non-hydrogen) atoms. The summed E-state index contributed by atoms with van der Waals surface area (Å²) in [7, 11) is 0. The van der Waals surface area contributed by atoms with Gasteiger partial charge in [-0.05, 0) is 53.0 Å². The van der Waals surface area contributed by atoms with Gasteiger partial charge in [-0.1, -0.05) is 82.3 Å². The Balaban J connectivity index is 1.43. The van der Waals surface area contributed by atoms with Gasteiger partial charge < -0.3 is 19.3 Å². The van der Waals surface area contributed by atoms with Crippen LogP contribution in [0, 0.1) is 11.3 Å². The molecular formula is C34H38O5. The Bertz CT molecular complexity index is 1360. The number of fused-ring (bicyclic) bond motifs is 3. The highest BCUT2D eigenvalue weighted by molar-refractivity contribution is 6.08. The van der Waals surface area contributed by atoms with Crippen molar-refractivity contribution >= 4 is 11.9 Å². The Morgan fingerprint density at radius 3 is 2.62 bits per heavy atom.